The highest BCUT2D eigenvalue weighted by Gasteiger charge is 1.93. The fraction of sp³-hybridized carbons (Fsp3) is 0.857. The van der Waals surface area contributed by atoms with Gasteiger partial charge in [-0.05, 0) is 0 Å². The van der Waals surface area contributed by atoms with E-state index in [1.165, 1.54) is 6.26 Å². The molecule has 0 N–H and O–H groups in total. The molecule has 0 aromatic heterocycles. The lowest BCUT2D eigenvalue weighted by molar-refractivity contribution is -0.0128. The van der Waals surface area contributed by atoms with E-state index in [1.54, 1.807) is 0 Å². The first-order chi connectivity index (χ1) is 10.4. The lowest BCUT2D eigenvalue weighted by Crippen LogP contribution is -2.14. The number of rotatable bonds is 18. The molecule has 0 aromatic rings. The Hall–Kier alpha value is -0.370. The Kier molecular flexibility index (Phi) is 19.3. The van der Waals surface area contributed by atoms with Crippen molar-refractivity contribution in [2.24, 2.45) is 0 Å². The first-order valence-electron chi connectivity index (χ1n) is 7.09. The summed E-state index contributed by atoms with van der Waals surface area (Å²) in [5.41, 5.74) is 0. The predicted molar refractivity (Wildman–Crippen MR) is 81.0 cm³/mol. The van der Waals surface area contributed by atoms with Gasteiger partial charge in [0.25, 0.3) is 0 Å². The lowest BCUT2D eigenvalue weighted by atomic mass is 10.7. The maximum absolute atomic E-state index is 5.46. The highest BCUT2D eigenvalue weighted by molar-refractivity contribution is 6.17. The molecule has 0 bridgehead atoms. The molecule has 0 aliphatic carbocycles. The third-order valence-corrected chi connectivity index (χ3v) is 2.33. The number of halogens is 1. The van der Waals surface area contributed by atoms with E-state index in [9.17, 15) is 0 Å². The second-order valence-corrected chi connectivity index (χ2v) is 4.17. The van der Waals surface area contributed by atoms with Crippen LogP contribution in [-0.2, 0) is 28.4 Å². The van der Waals surface area contributed by atoms with Crippen molar-refractivity contribution in [1.29, 1.82) is 0 Å². The molecule has 0 saturated heterocycles. The van der Waals surface area contributed by atoms with Crippen molar-refractivity contribution in [2.75, 3.05) is 78.6 Å². The summed E-state index contributed by atoms with van der Waals surface area (Å²) < 4.78 is 31.3. The molecule has 0 fully saturated rings. The SMILES string of the molecule is C=COCCOCCOCCOCCOCCOCCCl. The van der Waals surface area contributed by atoms with Gasteiger partial charge in [0.05, 0.1) is 72.3 Å². The summed E-state index contributed by atoms with van der Waals surface area (Å²) in [6.07, 6.45) is 1.40. The molecule has 0 radical (unpaired) electrons. The van der Waals surface area contributed by atoms with Crippen LogP contribution in [0, 0.1) is 0 Å². The van der Waals surface area contributed by atoms with Crippen LogP contribution < -0.4 is 0 Å². The molecule has 126 valence electrons. The van der Waals surface area contributed by atoms with Crippen molar-refractivity contribution >= 4 is 11.6 Å². The number of hydrogen-bond donors (Lipinski definition) is 0. The monoisotopic (exact) mass is 326 g/mol. The molecule has 0 aromatic carbocycles. The summed E-state index contributed by atoms with van der Waals surface area (Å²) in [4.78, 5) is 0. The normalized spacial score (nSPS) is 10.7. The van der Waals surface area contributed by atoms with Gasteiger partial charge in [0.1, 0.15) is 6.61 Å². The van der Waals surface area contributed by atoms with Crippen molar-refractivity contribution < 1.29 is 28.4 Å². The van der Waals surface area contributed by atoms with Gasteiger partial charge in [0.15, 0.2) is 0 Å². The minimum Gasteiger partial charge on any atom is -0.499 e. The van der Waals surface area contributed by atoms with E-state index in [0.29, 0.717) is 78.6 Å². The van der Waals surface area contributed by atoms with Crippen molar-refractivity contribution in [2.45, 2.75) is 0 Å². The number of ether oxygens (including phenoxy) is 6. The Bertz CT molecular complexity index is 206. The topological polar surface area (TPSA) is 55.4 Å². The molecule has 0 atom stereocenters. The second kappa shape index (κ2) is 19.6. The quantitative estimate of drug-likeness (QED) is 0.216. The van der Waals surface area contributed by atoms with Crippen LogP contribution in [0.4, 0.5) is 0 Å². The zero-order valence-electron chi connectivity index (χ0n) is 12.6. The second-order valence-electron chi connectivity index (χ2n) is 3.79. The Balaban J connectivity index is 2.91. The fourth-order valence-electron chi connectivity index (χ4n) is 1.23. The molecule has 0 saturated carbocycles. The van der Waals surface area contributed by atoms with E-state index >= 15 is 0 Å². The van der Waals surface area contributed by atoms with E-state index < -0.39 is 0 Å². The largest absolute Gasteiger partial charge is 0.499 e. The molecule has 6 nitrogen and oxygen atoms in total. The van der Waals surface area contributed by atoms with E-state index in [1.807, 2.05) is 0 Å². The molecule has 0 aliphatic heterocycles. The van der Waals surface area contributed by atoms with Gasteiger partial charge in [-0.25, -0.2) is 0 Å². The predicted octanol–water partition coefficient (Wildman–Crippen LogP) is 1.47. The summed E-state index contributed by atoms with van der Waals surface area (Å²) in [6.45, 7) is 9.47. The molecule has 7 heteroatoms. The molecular formula is C14H27ClO6. The van der Waals surface area contributed by atoms with Crippen molar-refractivity contribution in [3.63, 3.8) is 0 Å². The molecule has 0 heterocycles. The van der Waals surface area contributed by atoms with Crippen LogP contribution in [0.15, 0.2) is 12.8 Å². The summed E-state index contributed by atoms with van der Waals surface area (Å²) in [5, 5.41) is 0. The van der Waals surface area contributed by atoms with E-state index in [0.717, 1.165) is 0 Å². The van der Waals surface area contributed by atoms with Crippen molar-refractivity contribution in [3.8, 4) is 0 Å². The Morgan fingerprint density at radius 3 is 1.24 bits per heavy atom. The molecule has 0 unspecified atom stereocenters. The highest BCUT2D eigenvalue weighted by atomic mass is 35.5. The van der Waals surface area contributed by atoms with Crippen LogP contribution in [-0.4, -0.2) is 78.6 Å². The summed E-state index contributed by atoms with van der Waals surface area (Å²) in [5.74, 6) is 0.511. The van der Waals surface area contributed by atoms with Gasteiger partial charge < -0.3 is 28.4 Å². The maximum atomic E-state index is 5.46. The van der Waals surface area contributed by atoms with Gasteiger partial charge in [0, 0.05) is 5.88 Å². The van der Waals surface area contributed by atoms with Crippen LogP contribution in [0.5, 0.6) is 0 Å². The van der Waals surface area contributed by atoms with E-state index in [2.05, 4.69) is 6.58 Å². The third-order valence-electron chi connectivity index (χ3n) is 2.17. The fourth-order valence-corrected chi connectivity index (χ4v) is 1.34. The Morgan fingerprint density at radius 2 is 0.905 bits per heavy atom. The molecule has 0 spiro atoms. The zero-order chi connectivity index (χ0) is 15.4. The van der Waals surface area contributed by atoms with Gasteiger partial charge in [-0.2, -0.15) is 0 Å². The highest BCUT2D eigenvalue weighted by Crippen LogP contribution is 1.85. The van der Waals surface area contributed by atoms with E-state index in [-0.39, 0.29) is 0 Å². The first-order valence-corrected chi connectivity index (χ1v) is 7.62. The molecule has 0 amide bonds. The Morgan fingerprint density at radius 1 is 0.571 bits per heavy atom. The van der Waals surface area contributed by atoms with Gasteiger partial charge in [-0.1, -0.05) is 6.58 Å². The summed E-state index contributed by atoms with van der Waals surface area (Å²) in [7, 11) is 0. The van der Waals surface area contributed by atoms with Gasteiger partial charge >= 0.3 is 0 Å². The summed E-state index contributed by atoms with van der Waals surface area (Å²) in [6, 6.07) is 0. The molecular weight excluding hydrogens is 300 g/mol. The lowest BCUT2D eigenvalue weighted by Gasteiger charge is -2.07. The first kappa shape index (κ1) is 20.6. The maximum Gasteiger partial charge on any atom is 0.111 e. The van der Waals surface area contributed by atoms with Crippen LogP contribution >= 0.6 is 11.6 Å². The van der Waals surface area contributed by atoms with E-state index in [4.69, 9.17) is 40.0 Å². The average molecular weight is 327 g/mol. The van der Waals surface area contributed by atoms with Crippen LogP contribution in [0.25, 0.3) is 0 Å². The third kappa shape index (κ3) is 19.6. The minimum absolute atomic E-state index is 0.511. The van der Waals surface area contributed by atoms with Crippen molar-refractivity contribution in [1.82, 2.24) is 0 Å². The van der Waals surface area contributed by atoms with Gasteiger partial charge in [-0.15, -0.1) is 11.6 Å². The summed E-state index contributed by atoms with van der Waals surface area (Å²) >= 11 is 5.46. The van der Waals surface area contributed by atoms with Gasteiger partial charge in [0.2, 0.25) is 0 Å². The molecule has 21 heavy (non-hydrogen) atoms. The zero-order valence-corrected chi connectivity index (χ0v) is 13.4. The van der Waals surface area contributed by atoms with Crippen LogP contribution in [0.3, 0.4) is 0 Å². The smallest absolute Gasteiger partial charge is 0.111 e. The Labute approximate surface area is 132 Å². The standard InChI is InChI=1S/C14H27ClO6/c1-2-16-5-6-18-9-10-20-13-14-21-12-11-19-8-7-17-4-3-15/h2H,1,3-14H2. The number of hydrogen-bond acceptors (Lipinski definition) is 6. The average Bonchev–Trinajstić information content (AvgIpc) is 2.50. The van der Waals surface area contributed by atoms with Crippen molar-refractivity contribution in [3.05, 3.63) is 12.8 Å². The number of alkyl halides is 1. The molecule has 0 rings (SSSR count). The van der Waals surface area contributed by atoms with Crippen LogP contribution in [0.1, 0.15) is 0 Å². The van der Waals surface area contributed by atoms with Crippen LogP contribution in [0.2, 0.25) is 0 Å². The van der Waals surface area contributed by atoms with Gasteiger partial charge in [-0.3, -0.25) is 0 Å². The minimum atomic E-state index is 0.511. The molecule has 0 aliphatic rings.